The summed E-state index contributed by atoms with van der Waals surface area (Å²) in [6.45, 7) is 2.26. The van der Waals surface area contributed by atoms with Crippen molar-refractivity contribution in [3.8, 4) is 11.3 Å². The Hall–Kier alpha value is -2.21. The van der Waals surface area contributed by atoms with Crippen LogP contribution in [0.25, 0.3) is 11.3 Å². The van der Waals surface area contributed by atoms with Gasteiger partial charge in [0, 0.05) is 23.4 Å². The molecule has 1 N–H and O–H groups in total. The molecule has 0 bridgehead atoms. The average molecular weight is 316 g/mol. The number of carbonyl (C=O) groups excluding carboxylic acids is 1. The normalized spacial score (nSPS) is 18.0. The summed E-state index contributed by atoms with van der Waals surface area (Å²) < 4.78 is 0. The number of hydrogen-bond acceptors (Lipinski definition) is 4. The zero-order valence-electron chi connectivity index (χ0n) is 12.2. The van der Waals surface area contributed by atoms with E-state index >= 15 is 0 Å². The molecule has 0 spiro atoms. The van der Waals surface area contributed by atoms with Crippen LogP contribution in [0.4, 0.5) is 5.13 Å². The van der Waals surface area contributed by atoms with Crippen LogP contribution in [0.2, 0.25) is 0 Å². The van der Waals surface area contributed by atoms with E-state index < -0.39 is 11.9 Å². The van der Waals surface area contributed by atoms with E-state index in [2.05, 4.69) is 11.9 Å². The van der Waals surface area contributed by atoms with Crippen LogP contribution in [-0.2, 0) is 16.0 Å². The summed E-state index contributed by atoms with van der Waals surface area (Å²) in [6, 6.07) is 9.84. The monoisotopic (exact) mass is 316 g/mol. The third kappa shape index (κ3) is 2.62. The highest BCUT2D eigenvalue weighted by Crippen LogP contribution is 2.36. The van der Waals surface area contributed by atoms with E-state index in [0.29, 0.717) is 5.13 Å². The number of nitrogens with zero attached hydrogens (tertiary/aromatic N) is 2. The zero-order chi connectivity index (χ0) is 15.7. The number of thiazole rings is 1. The first-order valence-electron chi connectivity index (χ1n) is 7.18. The van der Waals surface area contributed by atoms with E-state index in [1.807, 2.05) is 30.3 Å². The fourth-order valence-corrected chi connectivity index (χ4v) is 3.62. The Morgan fingerprint density at radius 2 is 2.14 bits per heavy atom. The maximum atomic E-state index is 12.1. The summed E-state index contributed by atoms with van der Waals surface area (Å²) in [6.07, 6.45) is 0.878. The molecule has 22 heavy (non-hydrogen) atoms. The van der Waals surface area contributed by atoms with Crippen LogP contribution in [0.15, 0.2) is 30.3 Å². The first-order valence-corrected chi connectivity index (χ1v) is 8.00. The highest BCUT2D eigenvalue weighted by atomic mass is 32.1. The lowest BCUT2D eigenvalue weighted by atomic mass is 10.1. The standard InChI is InChI=1S/C16H16N2O3S/c1-2-12-14(10-6-4-3-5-7-10)17-16(22-12)18-9-11(15(20)21)8-13(18)19/h3-7,11H,2,8-9H2,1H3,(H,20,21)/t11-/m1/s1. The van der Waals surface area contributed by atoms with Gasteiger partial charge in [-0.25, -0.2) is 4.98 Å². The molecule has 1 saturated heterocycles. The van der Waals surface area contributed by atoms with E-state index in [0.717, 1.165) is 22.6 Å². The van der Waals surface area contributed by atoms with Crippen LogP contribution < -0.4 is 4.90 Å². The number of aryl methyl sites for hydroxylation is 1. The highest BCUT2D eigenvalue weighted by Gasteiger charge is 2.36. The molecule has 3 rings (SSSR count). The molecule has 1 fully saturated rings. The summed E-state index contributed by atoms with van der Waals surface area (Å²) in [5, 5.41) is 9.69. The van der Waals surface area contributed by atoms with Crippen LogP contribution in [0.5, 0.6) is 0 Å². The van der Waals surface area contributed by atoms with Crippen molar-refractivity contribution in [3.63, 3.8) is 0 Å². The lowest BCUT2D eigenvalue weighted by Crippen LogP contribution is -2.25. The van der Waals surface area contributed by atoms with Crippen molar-refractivity contribution in [3.05, 3.63) is 35.2 Å². The SMILES string of the molecule is CCc1sc(N2C[C@H](C(=O)O)CC2=O)nc1-c1ccccc1. The highest BCUT2D eigenvalue weighted by molar-refractivity contribution is 7.16. The van der Waals surface area contributed by atoms with Crippen molar-refractivity contribution >= 4 is 28.3 Å². The molecule has 1 amide bonds. The minimum atomic E-state index is -0.925. The van der Waals surface area contributed by atoms with Gasteiger partial charge >= 0.3 is 5.97 Å². The van der Waals surface area contributed by atoms with Crippen molar-refractivity contribution in [2.75, 3.05) is 11.4 Å². The van der Waals surface area contributed by atoms with Crippen LogP contribution in [-0.4, -0.2) is 28.5 Å². The number of carbonyl (C=O) groups is 2. The Bertz CT molecular complexity index is 711. The van der Waals surface area contributed by atoms with Crippen LogP contribution >= 0.6 is 11.3 Å². The van der Waals surface area contributed by atoms with Gasteiger partial charge in [-0.2, -0.15) is 0 Å². The number of benzene rings is 1. The van der Waals surface area contributed by atoms with E-state index in [9.17, 15) is 9.59 Å². The Labute approximate surface area is 132 Å². The van der Waals surface area contributed by atoms with Gasteiger partial charge in [0.25, 0.3) is 0 Å². The van der Waals surface area contributed by atoms with Crippen molar-refractivity contribution in [1.82, 2.24) is 4.98 Å². The number of aromatic nitrogens is 1. The van der Waals surface area contributed by atoms with Crippen molar-refractivity contribution in [1.29, 1.82) is 0 Å². The molecule has 0 unspecified atom stereocenters. The second-order valence-corrected chi connectivity index (χ2v) is 6.29. The third-order valence-corrected chi connectivity index (χ3v) is 4.98. The second kappa shape index (κ2) is 5.88. The Balaban J connectivity index is 1.95. The molecule has 2 aromatic rings. The molecule has 0 saturated carbocycles. The summed E-state index contributed by atoms with van der Waals surface area (Å²) >= 11 is 1.47. The van der Waals surface area contributed by atoms with Crippen molar-refractivity contribution < 1.29 is 14.7 Å². The van der Waals surface area contributed by atoms with E-state index in [4.69, 9.17) is 5.11 Å². The number of anilines is 1. The minimum Gasteiger partial charge on any atom is -0.481 e. The van der Waals surface area contributed by atoms with Gasteiger partial charge in [0.05, 0.1) is 11.6 Å². The lowest BCUT2D eigenvalue weighted by molar-refractivity contribution is -0.141. The lowest BCUT2D eigenvalue weighted by Gasteiger charge is -2.11. The number of amides is 1. The molecule has 5 nitrogen and oxygen atoms in total. The molecule has 1 aromatic heterocycles. The van der Waals surface area contributed by atoms with Gasteiger partial charge in [-0.3, -0.25) is 14.5 Å². The van der Waals surface area contributed by atoms with Crippen LogP contribution in [0, 0.1) is 5.92 Å². The fourth-order valence-electron chi connectivity index (χ4n) is 2.57. The van der Waals surface area contributed by atoms with Crippen LogP contribution in [0.1, 0.15) is 18.2 Å². The molecule has 1 aromatic carbocycles. The van der Waals surface area contributed by atoms with E-state index in [1.165, 1.54) is 16.2 Å². The molecular formula is C16H16N2O3S. The molecule has 2 heterocycles. The number of hydrogen-bond donors (Lipinski definition) is 1. The number of rotatable bonds is 4. The minimum absolute atomic E-state index is 0.0526. The molecule has 6 heteroatoms. The van der Waals surface area contributed by atoms with Gasteiger partial charge in [-0.15, -0.1) is 11.3 Å². The topological polar surface area (TPSA) is 70.5 Å². The fraction of sp³-hybridized carbons (Fsp3) is 0.312. The first-order chi connectivity index (χ1) is 10.6. The largest absolute Gasteiger partial charge is 0.481 e. The van der Waals surface area contributed by atoms with Gasteiger partial charge in [-0.05, 0) is 6.42 Å². The molecule has 1 atom stereocenters. The zero-order valence-corrected chi connectivity index (χ0v) is 13.0. The molecular weight excluding hydrogens is 300 g/mol. The Morgan fingerprint density at radius 3 is 2.73 bits per heavy atom. The maximum absolute atomic E-state index is 12.1. The smallest absolute Gasteiger partial charge is 0.308 e. The average Bonchev–Trinajstić information content (AvgIpc) is 3.11. The van der Waals surface area contributed by atoms with Gasteiger partial charge in [0.1, 0.15) is 0 Å². The molecule has 1 aliphatic heterocycles. The Kier molecular flexibility index (Phi) is 3.94. The predicted molar refractivity (Wildman–Crippen MR) is 85.0 cm³/mol. The summed E-state index contributed by atoms with van der Waals surface area (Å²) in [4.78, 5) is 30.4. The quantitative estimate of drug-likeness (QED) is 0.941. The van der Waals surface area contributed by atoms with Crippen LogP contribution in [0.3, 0.4) is 0 Å². The Morgan fingerprint density at radius 1 is 1.41 bits per heavy atom. The van der Waals surface area contributed by atoms with Gasteiger partial charge in [0.2, 0.25) is 5.91 Å². The molecule has 1 aliphatic rings. The van der Waals surface area contributed by atoms with E-state index in [1.54, 1.807) is 0 Å². The van der Waals surface area contributed by atoms with E-state index in [-0.39, 0.29) is 18.9 Å². The summed E-state index contributed by atoms with van der Waals surface area (Å²) in [5.41, 5.74) is 1.90. The van der Waals surface area contributed by atoms with Crippen molar-refractivity contribution in [2.24, 2.45) is 5.92 Å². The maximum Gasteiger partial charge on any atom is 0.308 e. The van der Waals surface area contributed by atoms with Gasteiger partial charge in [0.15, 0.2) is 5.13 Å². The number of carboxylic acids is 1. The first kappa shape index (κ1) is 14.7. The van der Waals surface area contributed by atoms with Gasteiger partial charge in [-0.1, -0.05) is 37.3 Å². The second-order valence-electron chi connectivity index (χ2n) is 5.23. The van der Waals surface area contributed by atoms with Crippen molar-refractivity contribution in [2.45, 2.75) is 19.8 Å². The predicted octanol–water partition coefficient (Wildman–Crippen LogP) is 2.81. The summed E-state index contributed by atoms with van der Waals surface area (Å²) in [5.74, 6) is -1.73. The van der Waals surface area contributed by atoms with Gasteiger partial charge < -0.3 is 5.11 Å². The molecule has 0 aliphatic carbocycles. The summed E-state index contributed by atoms with van der Waals surface area (Å²) in [7, 11) is 0. The number of carboxylic acid groups (broad SMARTS) is 1. The third-order valence-electron chi connectivity index (χ3n) is 3.76. The molecule has 114 valence electrons. The molecule has 0 radical (unpaired) electrons. The number of aliphatic carboxylic acids is 1.